The second kappa shape index (κ2) is 5.69. The van der Waals surface area contributed by atoms with Gasteiger partial charge in [-0.25, -0.2) is 0 Å². The van der Waals surface area contributed by atoms with Crippen molar-refractivity contribution in [2.24, 2.45) is 18.7 Å². The van der Waals surface area contributed by atoms with Gasteiger partial charge in [0.05, 0.1) is 16.1 Å². The maximum Gasteiger partial charge on any atom is 0.264 e. The quantitative estimate of drug-likeness (QED) is 0.863. The molecular formula is C14H20BrN3O2. The van der Waals surface area contributed by atoms with Crippen molar-refractivity contribution in [1.82, 2.24) is 4.57 Å². The fourth-order valence-electron chi connectivity index (χ4n) is 2.76. The monoisotopic (exact) mass is 341 g/mol. The van der Waals surface area contributed by atoms with Crippen molar-refractivity contribution < 1.29 is 4.79 Å². The molecule has 1 saturated carbocycles. The van der Waals surface area contributed by atoms with Gasteiger partial charge in [0.2, 0.25) is 5.91 Å². The normalized spacial score (nSPS) is 26.3. The predicted octanol–water partition coefficient (Wildman–Crippen LogP) is 1.99. The number of carbonyl (C=O) groups is 1. The molecule has 2 atom stereocenters. The molecule has 1 aliphatic carbocycles. The Bertz CT molecular complexity index is 554. The number of aryl methyl sites for hydroxylation is 1. The van der Waals surface area contributed by atoms with Gasteiger partial charge in [-0.3, -0.25) is 9.59 Å². The van der Waals surface area contributed by atoms with E-state index in [1.807, 2.05) is 6.92 Å². The molecule has 1 heterocycles. The van der Waals surface area contributed by atoms with Crippen molar-refractivity contribution in [3.63, 3.8) is 0 Å². The Hall–Kier alpha value is -1.14. The number of anilines is 1. The zero-order chi connectivity index (χ0) is 14.9. The molecule has 3 N–H and O–H groups in total. The Morgan fingerprint density at radius 2 is 2.25 bits per heavy atom. The third-order valence-electron chi connectivity index (χ3n) is 3.98. The summed E-state index contributed by atoms with van der Waals surface area (Å²) in [5.74, 6) is -0.257. The van der Waals surface area contributed by atoms with Crippen LogP contribution in [0.1, 0.15) is 32.6 Å². The lowest BCUT2D eigenvalue weighted by Gasteiger charge is -2.37. The molecular weight excluding hydrogens is 322 g/mol. The van der Waals surface area contributed by atoms with E-state index in [-0.39, 0.29) is 17.4 Å². The molecule has 0 radical (unpaired) electrons. The largest absolute Gasteiger partial charge is 0.325 e. The number of nitrogens with one attached hydrogen (secondary N) is 1. The average Bonchev–Trinajstić information content (AvgIpc) is 2.35. The summed E-state index contributed by atoms with van der Waals surface area (Å²) >= 11 is 3.20. The minimum absolute atomic E-state index is 0.0692. The van der Waals surface area contributed by atoms with E-state index in [1.165, 1.54) is 4.57 Å². The number of hydrogen-bond donors (Lipinski definition) is 2. The summed E-state index contributed by atoms with van der Waals surface area (Å²) in [6.07, 6.45) is 5.39. The van der Waals surface area contributed by atoms with Gasteiger partial charge in [0.15, 0.2) is 0 Å². The summed E-state index contributed by atoms with van der Waals surface area (Å²) in [7, 11) is 1.65. The van der Waals surface area contributed by atoms with Crippen LogP contribution in [0, 0.1) is 5.92 Å². The number of hydrogen-bond acceptors (Lipinski definition) is 3. The molecule has 1 aliphatic rings. The highest BCUT2D eigenvalue weighted by molar-refractivity contribution is 9.10. The first-order chi connectivity index (χ1) is 9.31. The van der Waals surface area contributed by atoms with E-state index in [2.05, 4.69) is 21.2 Å². The van der Waals surface area contributed by atoms with Crippen LogP contribution in [0.25, 0.3) is 0 Å². The molecule has 1 aromatic heterocycles. The van der Waals surface area contributed by atoms with Gasteiger partial charge < -0.3 is 15.6 Å². The van der Waals surface area contributed by atoms with Crippen molar-refractivity contribution in [2.75, 3.05) is 5.32 Å². The van der Waals surface area contributed by atoms with E-state index in [9.17, 15) is 9.59 Å². The van der Waals surface area contributed by atoms with E-state index < -0.39 is 5.54 Å². The summed E-state index contributed by atoms with van der Waals surface area (Å²) in [5, 5.41) is 2.87. The predicted molar refractivity (Wildman–Crippen MR) is 82.6 cm³/mol. The van der Waals surface area contributed by atoms with E-state index in [1.54, 1.807) is 19.3 Å². The molecule has 2 rings (SSSR count). The molecule has 2 unspecified atom stereocenters. The lowest BCUT2D eigenvalue weighted by molar-refractivity contribution is -0.122. The molecule has 0 saturated heterocycles. The van der Waals surface area contributed by atoms with E-state index in [4.69, 9.17) is 5.73 Å². The first kappa shape index (κ1) is 15.3. The molecule has 6 heteroatoms. The van der Waals surface area contributed by atoms with Crippen LogP contribution in [0.2, 0.25) is 0 Å². The van der Waals surface area contributed by atoms with E-state index >= 15 is 0 Å². The van der Waals surface area contributed by atoms with Gasteiger partial charge in [-0.15, -0.1) is 0 Å². The number of halogens is 1. The summed E-state index contributed by atoms with van der Waals surface area (Å²) < 4.78 is 1.86. The molecule has 1 amide bonds. The first-order valence-corrected chi connectivity index (χ1v) is 7.56. The van der Waals surface area contributed by atoms with Gasteiger partial charge in [-0.2, -0.15) is 0 Å². The number of nitrogens with two attached hydrogens (primary N) is 1. The topological polar surface area (TPSA) is 77.1 Å². The first-order valence-electron chi connectivity index (χ1n) is 6.77. The summed E-state index contributed by atoms with van der Waals surface area (Å²) in [4.78, 5) is 24.0. The van der Waals surface area contributed by atoms with Crippen molar-refractivity contribution in [1.29, 1.82) is 0 Å². The van der Waals surface area contributed by atoms with Gasteiger partial charge in [0.25, 0.3) is 5.56 Å². The van der Waals surface area contributed by atoms with Gasteiger partial charge in [0, 0.05) is 18.8 Å². The smallest absolute Gasteiger partial charge is 0.264 e. The van der Waals surface area contributed by atoms with Gasteiger partial charge in [-0.05, 0) is 41.8 Å². The zero-order valence-corrected chi connectivity index (χ0v) is 13.4. The molecule has 1 aromatic rings. The second-order valence-electron chi connectivity index (χ2n) is 5.79. The van der Waals surface area contributed by atoms with Crippen molar-refractivity contribution in [2.45, 2.75) is 38.1 Å². The van der Waals surface area contributed by atoms with Crippen LogP contribution >= 0.6 is 15.9 Å². The summed E-state index contributed by atoms with van der Waals surface area (Å²) in [5.41, 5.74) is 6.24. The highest BCUT2D eigenvalue weighted by Crippen LogP contribution is 2.32. The SMILES string of the molecule is Cn1cc(NC(=O)C2CCCCC2(C)N)cc(Br)c1=O. The molecule has 110 valence electrons. The van der Waals surface area contributed by atoms with Crippen molar-refractivity contribution in [3.05, 3.63) is 27.1 Å². The van der Waals surface area contributed by atoms with Crippen LogP contribution in [0.3, 0.4) is 0 Å². The highest BCUT2D eigenvalue weighted by Gasteiger charge is 2.37. The molecule has 20 heavy (non-hydrogen) atoms. The van der Waals surface area contributed by atoms with Gasteiger partial charge in [0.1, 0.15) is 0 Å². The second-order valence-corrected chi connectivity index (χ2v) is 6.64. The Kier molecular flexibility index (Phi) is 4.34. The van der Waals surface area contributed by atoms with Gasteiger partial charge >= 0.3 is 0 Å². The number of nitrogens with zero attached hydrogens (tertiary/aromatic N) is 1. The fraction of sp³-hybridized carbons (Fsp3) is 0.571. The molecule has 0 spiro atoms. The maximum absolute atomic E-state index is 12.4. The van der Waals surface area contributed by atoms with Crippen LogP contribution in [-0.4, -0.2) is 16.0 Å². The third-order valence-corrected chi connectivity index (χ3v) is 4.55. The molecule has 5 nitrogen and oxygen atoms in total. The van der Waals surface area contributed by atoms with Crippen molar-refractivity contribution >= 4 is 27.5 Å². The number of aromatic nitrogens is 1. The summed E-state index contributed by atoms with van der Waals surface area (Å²) in [6.45, 7) is 1.94. The highest BCUT2D eigenvalue weighted by atomic mass is 79.9. The van der Waals surface area contributed by atoms with Crippen molar-refractivity contribution in [3.8, 4) is 0 Å². The van der Waals surface area contributed by atoms with Crippen LogP contribution in [0.5, 0.6) is 0 Å². The maximum atomic E-state index is 12.4. The number of pyridine rings is 1. The molecule has 0 aliphatic heterocycles. The average molecular weight is 342 g/mol. The molecule has 1 fully saturated rings. The standard InChI is InChI=1S/C14H20BrN3O2/c1-14(16)6-4-3-5-10(14)12(19)17-9-7-11(15)13(20)18(2)8-9/h7-8,10H,3-6,16H2,1-2H3,(H,17,19). The third kappa shape index (κ3) is 3.12. The Balaban J connectivity index is 2.17. The van der Waals surface area contributed by atoms with E-state index in [0.717, 1.165) is 25.7 Å². The Labute approximate surface area is 126 Å². The molecule has 0 bridgehead atoms. The minimum Gasteiger partial charge on any atom is -0.325 e. The van der Waals surface area contributed by atoms with Crippen LogP contribution in [0.15, 0.2) is 21.5 Å². The minimum atomic E-state index is -0.458. The van der Waals surface area contributed by atoms with Crippen LogP contribution < -0.4 is 16.6 Å². The lowest BCUT2D eigenvalue weighted by atomic mass is 9.74. The Morgan fingerprint density at radius 3 is 2.85 bits per heavy atom. The van der Waals surface area contributed by atoms with E-state index in [0.29, 0.717) is 10.2 Å². The number of rotatable bonds is 2. The molecule has 0 aromatic carbocycles. The lowest BCUT2D eigenvalue weighted by Crippen LogP contribution is -2.51. The Morgan fingerprint density at radius 1 is 1.55 bits per heavy atom. The van der Waals surface area contributed by atoms with Crippen LogP contribution in [-0.2, 0) is 11.8 Å². The summed E-state index contributed by atoms with van der Waals surface area (Å²) in [6, 6.07) is 1.62. The number of amides is 1. The number of carbonyl (C=O) groups excluding carboxylic acids is 1. The van der Waals surface area contributed by atoms with Crippen LogP contribution in [0.4, 0.5) is 5.69 Å². The fourth-order valence-corrected chi connectivity index (χ4v) is 3.28. The van der Waals surface area contributed by atoms with Gasteiger partial charge in [-0.1, -0.05) is 12.8 Å². The zero-order valence-electron chi connectivity index (χ0n) is 11.8.